The molecule has 0 spiro atoms. The first-order valence-electron chi connectivity index (χ1n) is 9.72. The number of hydrogen-bond acceptors (Lipinski definition) is 8. The number of nitrogens with zero attached hydrogens (tertiary/aromatic N) is 8. The van der Waals surface area contributed by atoms with Crippen molar-refractivity contribution in [1.29, 1.82) is 31.6 Å². The van der Waals surface area contributed by atoms with Gasteiger partial charge in [-0.25, -0.2) is 9.97 Å². The van der Waals surface area contributed by atoms with E-state index in [0.717, 1.165) is 10.8 Å². The molecule has 0 saturated heterocycles. The third-order valence-electron chi connectivity index (χ3n) is 5.70. The monoisotopic (exact) mass is 430 g/mol. The van der Waals surface area contributed by atoms with Gasteiger partial charge in [-0.1, -0.05) is 24.3 Å². The summed E-state index contributed by atoms with van der Waals surface area (Å²) in [7, 11) is 0. The Morgan fingerprint density at radius 2 is 0.971 bits per heavy atom. The quantitative estimate of drug-likeness (QED) is 0.258. The zero-order chi connectivity index (χ0) is 24.0. The lowest BCUT2D eigenvalue weighted by molar-refractivity contribution is 1.21. The fourth-order valence-electron chi connectivity index (χ4n) is 4.30. The summed E-state index contributed by atoms with van der Waals surface area (Å²) in [5.41, 5.74) is -0.750. The van der Waals surface area contributed by atoms with Crippen LogP contribution in [0.3, 0.4) is 0 Å². The van der Waals surface area contributed by atoms with Crippen LogP contribution >= 0.6 is 0 Å². The molecule has 8 nitrogen and oxygen atoms in total. The van der Waals surface area contributed by atoms with E-state index in [9.17, 15) is 31.6 Å². The van der Waals surface area contributed by atoms with Crippen molar-refractivity contribution in [3.63, 3.8) is 0 Å². The molecule has 5 rings (SSSR count). The Balaban J connectivity index is 2.30. The van der Waals surface area contributed by atoms with E-state index in [4.69, 9.17) is 0 Å². The van der Waals surface area contributed by atoms with E-state index in [1.807, 2.05) is 72.8 Å². The average Bonchev–Trinajstić information content (AvgIpc) is 2.89. The fraction of sp³-hybridized carbons (Fsp3) is 0. The highest BCUT2D eigenvalue weighted by molar-refractivity contribution is 6.28. The van der Waals surface area contributed by atoms with Gasteiger partial charge in [0.25, 0.3) is 0 Å². The van der Waals surface area contributed by atoms with Gasteiger partial charge in [-0.15, -0.1) is 0 Å². The third kappa shape index (κ3) is 2.46. The summed E-state index contributed by atoms with van der Waals surface area (Å²) >= 11 is 0. The fourth-order valence-corrected chi connectivity index (χ4v) is 4.30. The van der Waals surface area contributed by atoms with Crippen molar-refractivity contribution in [3.05, 3.63) is 70.0 Å². The van der Waals surface area contributed by atoms with Gasteiger partial charge < -0.3 is 0 Å². The topological polar surface area (TPSA) is 169 Å². The van der Waals surface area contributed by atoms with Gasteiger partial charge in [0.2, 0.25) is 0 Å². The Hall–Kier alpha value is -6.06. The van der Waals surface area contributed by atoms with Crippen LogP contribution in [0, 0.1) is 68.0 Å². The second kappa shape index (κ2) is 7.27. The Morgan fingerprint density at radius 1 is 0.500 bits per heavy atom. The van der Waals surface area contributed by atoms with E-state index in [1.165, 1.54) is 0 Å². The van der Waals surface area contributed by atoms with Crippen LogP contribution in [0.4, 0.5) is 0 Å². The molecule has 0 unspecified atom stereocenters. The first kappa shape index (κ1) is 19.9. The molecule has 0 aliphatic heterocycles. The molecule has 0 bridgehead atoms. The molecule has 0 fully saturated rings. The molecule has 0 atom stereocenters. The maximum absolute atomic E-state index is 10.0. The van der Waals surface area contributed by atoms with E-state index in [-0.39, 0.29) is 55.4 Å². The van der Waals surface area contributed by atoms with Crippen LogP contribution in [0.25, 0.3) is 43.4 Å². The van der Waals surface area contributed by atoms with Crippen molar-refractivity contribution in [2.24, 2.45) is 0 Å². The number of fused-ring (bicyclic) bond motifs is 7. The van der Waals surface area contributed by atoms with Crippen LogP contribution in [0.5, 0.6) is 0 Å². The van der Waals surface area contributed by atoms with Gasteiger partial charge in [0, 0.05) is 16.2 Å². The maximum Gasteiger partial charge on any atom is 0.177 e. The Morgan fingerprint density at radius 3 is 1.47 bits per heavy atom. The highest BCUT2D eigenvalue weighted by atomic mass is 14.8. The van der Waals surface area contributed by atoms with Gasteiger partial charge in [-0.05, 0) is 28.3 Å². The predicted molar refractivity (Wildman–Crippen MR) is 120 cm³/mol. The Bertz CT molecular complexity index is 2030. The van der Waals surface area contributed by atoms with Gasteiger partial charge >= 0.3 is 0 Å². The van der Waals surface area contributed by atoms with E-state index >= 15 is 0 Å². The summed E-state index contributed by atoms with van der Waals surface area (Å²) < 4.78 is 0. The van der Waals surface area contributed by atoms with Crippen molar-refractivity contribution in [3.8, 4) is 36.4 Å². The molecular formula is C26H6N8. The lowest BCUT2D eigenvalue weighted by atomic mass is 9.86. The van der Waals surface area contributed by atoms with E-state index in [2.05, 4.69) is 9.97 Å². The summed E-state index contributed by atoms with van der Waals surface area (Å²) in [6, 6.07) is 22.6. The molecule has 0 radical (unpaired) electrons. The first-order chi connectivity index (χ1) is 16.6. The minimum Gasteiger partial charge on any atom is -0.232 e. The second-order valence-electron chi connectivity index (χ2n) is 7.28. The number of aromatic nitrogens is 2. The average molecular weight is 430 g/mol. The summed E-state index contributed by atoms with van der Waals surface area (Å²) in [6.45, 7) is 0. The molecule has 5 aromatic rings. The predicted octanol–water partition coefficient (Wildman–Crippen LogP) is 4.32. The lowest BCUT2D eigenvalue weighted by Gasteiger charge is -2.15. The normalized spacial score (nSPS) is 10.2. The molecule has 34 heavy (non-hydrogen) atoms. The largest absolute Gasteiger partial charge is 0.232 e. The standard InChI is InChI=1S/C26H6N8/c27-7-17-18(8-28)20(10-30)24-23(19(17)9-29)15-5-13-3-1-2-4-14(13)6-16(15)25-26(24)34-22(12-32)21(11-31)33-25/h1-6H. The number of hydrogen-bond donors (Lipinski definition) is 0. The van der Waals surface area contributed by atoms with Gasteiger partial charge in [0.15, 0.2) is 11.4 Å². The molecule has 0 aliphatic rings. The van der Waals surface area contributed by atoms with Crippen LogP contribution in [0.1, 0.15) is 33.6 Å². The first-order valence-corrected chi connectivity index (χ1v) is 9.72. The second-order valence-corrected chi connectivity index (χ2v) is 7.28. The minimum atomic E-state index is -0.250. The summed E-state index contributed by atoms with van der Waals surface area (Å²) in [5.74, 6) is 0. The van der Waals surface area contributed by atoms with Crippen molar-refractivity contribution in [1.82, 2.24) is 9.97 Å². The molecule has 150 valence electrons. The SMILES string of the molecule is N#Cc1nc2c3cc4ccccc4cc3c3c(C#N)c(C#N)c(C#N)c(C#N)c3c2nc1C#N. The van der Waals surface area contributed by atoms with Crippen LogP contribution in [-0.4, -0.2) is 9.97 Å². The van der Waals surface area contributed by atoms with Gasteiger partial charge in [-0.3, -0.25) is 0 Å². The molecule has 1 heterocycles. The maximum atomic E-state index is 10.0. The molecule has 0 saturated carbocycles. The highest BCUT2D eigenvalue weighted by Gasteiger charge is 2.26. The summed E-state index contributed by atoms with van der Waals surface area (Å²) in [4.78, 5) is 8.73. The molecule has 0 amide bonds. The zero-order valence-corrected chi connectivity index (χ0v) is 17.0. The number of nitriles is 6. The van der Waals surface area contributed by atoms with Crippen LogP contribution in [0.15, 0.2) is 36.4 Å². The van der Waals surface area contributed by atoms with E-state index < -0.39 is 0 Å². The van der Waals surface area contributed by atoms with Gasteiger partial charge in [0.05, 0.1) is 27.8 Å². The van der Waals surface area contributed by atoms with Gasteiger partial charge in [-0.2, -0.15) is 31.6 Å². The smallest absolute Gasteiger partial charge is 0.177 e. The van der Waals surface area contributed by atoms with E-state index in [0.29, 0.717) is 10.8 Å². The third-order valence-corrected chi connectivity index (χ3v) is 5.70. The van der Waals surface area contributed by atoms with Crippen molar-refractivity contribution >= 4 is 43.4 Å². The highest BCUT2D eigenvalue weighted by Crippen LogP contribution is 2.41. The van der Waals surface area contributed by atoms with Crippen molar-refractivity contribution < 1.29 is 0 Å². The van der Waals surface area contributed by atoms with Crippen LogP contribution in [0.2, 0.25) is 0 Å². The number of rotatable bonds is 0. The molecule has 8 heteroatoms. The summed E-state index contributed by atoms with van der Waals surface area (Å²) in [5, 5.41) is 61.8. The van der Waals surface area contributed by atoms with Crippen LogP contribution < -0.4 is 0 Å². The summed E-state index contributed by atoms with van der Waals surface area (Å²) in [6.07, 6.45) is 0. The molecular weight excluding hydrogens is 424 g/mol. The van der Waals surface area contributed by atoms with Crippen molar-refractivity contribution in [2.75, 3.05) is 0 Å². The Kier molecular flexibility index (Phi) is 4.25. The molecule has 0 N–H and O–H groups in total. The van der Waals surface area contributed by atoms with Crippen molar-refractivity contribution in [2.45, 2.75) is 0 Å². The van der Waals surface area contributed by atoms with Gasteiger partial charge in [0.1, 0.15) is 41.9 Å². The lowest BCUT2D eigenvalue weighted by Crippen LogP contribution is -2.03. The van der Waals surface area contributed by atoms with Crippen LogP contribution in [-0.2, 0) is 0 Å². The molecule has 1 aromatic heterocycles. The Labute approximate surface area is 191 Å². The van der Waals surface area contributed by atoms with E-state index in [1.54, 1.807) is 0 Å². The number of benzene rings is 4. The zero-order valence-electron chi connectivity index (χ0n) is 17.0. The molecule has 0 aliphatic carbocycles. The molecule has 4 aromatic carbocycles. The minimum absolute atomic E-state index is 0.0695.